The molecule has 5 aliphatic rings. The first-order valence-electron chi connectivity index (χ1n) is 11.2. The monoisotopic (exact) mass is 645 g/mol. The van der Waals surface area contributed by atoms with E-state index in [1.807, 2.05) is 12.2 Å². The first-order chi connectivity index (χ1) is 13.3. The number of hydrogen-bond acceptors (Lipinski definition) is 0. The summed E-state index contributed by atoms with van der Waals surface area (Å²) in [5, 5.41) is 1.46. The van der Waals surface area contributed by atoms with Crippen molar-refractivity contribution < 1.29 is 25.8 Å². The molecule has 166 valence electrons. The van der Waals surface area contributed by atoms with Gasteiger partial charge in [-0.3, -0.25) is 6.08 Å². The fraction of sp³-hybridized carbons (Fsp3) is 0.520. The molecule has 0 N–H and O–H groups in total. The molecule has 2 unspecified atom stereocenters. The molecule has 2 saturated heterocycles. The van der Waals surface area contributed by atoms with Crippen LogP contribution in [0.2, 0.25) is 22.2 Å². The average Bonchev–Trinajstić information content (AvgIpc) is 3.31. The van der Waals surface area contributed by atoms with Gasteiger partial charge >= 0.3 is 0 Å². The maximum atomic E-state index is 2.99. The second-order valence-corrected chi connectivity index (χ2v) is 14.1. The van der Waals surface area contributed by atoms with Gasteiger partial charge in [-0.05, 0) is 35.8 Å². The van der Waals surface area contributed by atoms with E-state index in [-0.39, 0.29) is 69.7 Å². The molecule has 0 aromatic rings. The van der Waals surface area contributed by atoms with Gasteiger partial charge < -0.3 is 0 Å². The number of allylic oxidation sites excluding steroid dienone is 12. The first kappa shape index (κ1) is 30.3. The van der Waals surface area contributed by atoms with Crippen LogP contribution in [0, 0.1) is 6.08 Å². The Morgan fingerprint density at radius 1 is 0.633 bits per heavy atom. The summed E-state index contributed by atoms with van der Waals surface area (Å²) >= 11 is 0. The molecule has 0 aromatic heterocycles. The van der Waals surface area contributed by atoms with Gasteiger partial charge in [0.2, 0.25) is 0 Å². The molecule has 2 atom stereocenters. The molecule has 0 bridgehead atoms. The van der Waals surface area contributed by atoms with Gasteiger partial charge in [0.1, 0.15) is 0 Å². The molecular formula is C25H39Cl2HfSi2-. The maximum Gasteiger partial charge on any atom is 0.0322 e. The van der Waals surface area contributed by atoms with Gasteiger partial charge in [-0.25, -0.2) is 12.2 Å². The summed E-state index contributed by atoms with van der Waals surface area (Å²) in [5.41, 5.74) is 0. The van der Waals surface area contributed by atoms with Crippen molar-refractivity contribution >= 4 is 43.9 Å². The molecule has 2 spiro atoms. The van der Waals surface area contributed by atoms with Crippen molar-refractivity contribution in [3.05, 3.63) is 72.9 Å². The molecule has 0 amide bonds. The zero-order valence-corrected chi connectivity index (χ0v) is 26.4. The van der Waals surface area contributed by atoms with Crippen LogP contribution in [0.25, 0.3) is 0 Å². The van der Waals surface area contributed by atoms with Crippen LogP contribution in [-0.4, -0.2) is 19.0 Å². The largest absolute Gasteiger partial charge is 0.273 e. The van der Waals surface area contributed by atoms with E-state index < -0.39 is 0 Å². The van der Waals surface area contributed by atoms with E-state index in [1.165, 1.54) is 51.4 Å². The summed E-state index contributed by atoms with van der Waals surface area (Å²) in [4.78, 5) is 0. The number of halogens is 2. The van der Waals surface area contributed by atoms with Gasteiger partial charge in [0.15, 0.2) is 0 Å². The van der Waals surface area contributed by atoms with Crippen molar-refractivity contribution in [2.75, 3.05) is 0 Å². The van der Waals surface area contributed by atoms with E-state index in [4.69, 9.17) is 0 Å². The number of hydrogen-bond donors (Lipinski definition) is 0. The van der Waals surface area contributed by atoms with Gasteiger partial charge in [-0.2, -0.15) is 6.08 Å². The van der Waals surface area contributed by atoms with E-state index >= 15 is 0 Å². The molecule has 0 nitrogen and oxygen atoms in total. The van der Waals surface area contributed by atoms with E-state index in [9.17, 15) is 0 Å². The molecule has 2 fully saturated rings. The molecule has 0 saturated carbocycles. The Kier molecular flexibility index (Phi) is 17.1. The minimum absolute atomic E-state index is 0. The smallest absolute Gasteiger partial charge is 0.0322 e. The summed E-state index contributed by atoms with van der Waals surface area (Å²) in [7, 11) is 0.436. The summed E-state index contributed by atoms with van der Waals surface area (Å²) in [6.45, 7) is 0. The van der Waals surface area contributed by atoms with E-state index in [0.717, 1.165) is 16.5 Å². The van der Waals surface area contributed by atoms with Gasteiger partial charge in [0.25, 0.3) is 0 Å². The van der Waals surface area contributed by atoms with Crippen LogP contribution in [0.5, 0.6) is 0 Å². The van der Waals surface area contributed by atoms with E-state index in [0.29, 0.717) is 0 Å². The third-order valence-corrected chi connectivity index (χ3v) is 12.2. The van der Waals surface area contributed by atoms with Crippen LogP contribution < -0.4 is 0 Å². The fourth-order valence-corrected chi connectivity index (χ4v) is 9.97. The zero-order valence-electron chi connectivity index (χ0n) is 18.4. The van der Waals surface area contributed by atoms with Crippen molar-refractivity contribution in [2.24, 2.45) is 0 Å². The SMILES string of the molecule is C1=CCC2(C=C1)CCCC[SiH2]2.C1=CCC2(C=C1)CCCC[SiH2]2.Cl.Cl.[C-]1=CC=CC1.[Hf]. The molecular weight excluding hydrogens is 606 g/mol. The number of rotatable bonds is 0. The van der Waals surface area contributed by atoms with E-state index in [1.54, 1.807) is 12.1 Å². The molecule has 5 rings (SSSR count). The van der Waals surface area contributed by atoms with Crippen LogP contribution >= 0.6 is 24.8 Å². The van der Waals surface area contributed by atoms with Crippen molar-refractivity contribution in [1.29, 1.82) is 0 Å². The maximum absolute atomic E-state index is 2.99. The predicted octanol–water partition coefficient (Wildman–Crippen LogP) is 7.01. The third-order valence-electron chi connectivity index (χ3n) is 6.73. The van der Waals surface area contributed by atoms with Crippen LogP contribution in [-0.2, 0) is 25.8 Å². The third kappa shape index (κ3) is 10.3. The topological polar surface area (TPSA) is 0 Å². The van der Waals surface area contributed by atoms with Crippen molar-refractivity contribution in [3.63, 3.8) is 0 Å². The molecule has 2 heterocycles. The molecule has 5 heteroatoms. The second-order valence-electron chi connectivity index (χ2n) is 8.83. The Morgan fingerprint density at radius 2 is 1.17 bits per heavy atom. The zero-order chi connectivity index (χ0) is 18.7. The van der Waals surface area contributed by atoms with Crippen molar-refractivity contribution in [2.45, 2.75) is 80.0 Å². The Hall–Kier alpha value is 0.324. The summed E-state index contributed by atoms with van der Waals surface area (Å²) in [5.74, 6) is 0. The fourth-order valence-electron chi connectivity index (χ4n) is 5.01. The van der Waals surface area contributed by atoms with Gasteiger partial charge in [0.05, 0.1) is 0 Å². The van der Waals surface area contributed by atoms with Crippen molar-refractivity contribution in [3.8, 4) is 0 Å². The van der Waals surface area contributed by atoms with Crippen molar-refractivity contribution in [1.82, 2.24) is 0 Å². The Bertz CT molecular complexity index is 569. The molecule has 3 aliphatic carbocycles. The van der Waals surface area contributed by atoms with Crippen LogP contribution in [0.4, 0.5) is 0 Å². The minimum atomic E-state index is 0. The normalized spacial score (nSPS) is 31.2. The molecule has 0 radical (unpaired) electrons. The standard InChI is InChI=1S/2C10H16Si.C5H5.2ClH.Hf/c2*1-2-6-10(7-3-1)8-4-5-9-11-10;1-2-4-5-3-1;;;/h2*1-3,6H,4-5,7-9,11H2;1-3H,4H2;2*1H;/q;;-1;;;. The molecule has 30 heavy (non-hydrogen) atoms. The quantitative estimate of drug-likeness (QED) is 0.197. The van der Waals surface area contributed by atoms with Gasteiger partial charge in [-0.15, -0.1) is 31.2 Å². The van der Waals surface area contributed by atoms with E-state index in [2.05, 4.69) is 60.8 Å². The Morgan fingerprint density at radius 3 is 1.43 bits per heavy atom. The minimum Gasteiger partial charge on any atom is -0.273 e. The first-order valence-corrected chi connectivity index (χ1v) is 14.6. The average molecular weight is 645 g/mol. The molecule has 2 aliphatic heterocycles. The van der Waals surface area contributed by atoms with Crippen LogP contribution in [0.15, 0.2) is 66.8 Å². The molecule has 0 aromatic carbocycles. The predicted molar refractivity (Wildman–Crippen MR) is 142 cm³/mol. The summed E-state index contributed by atoms with van der Waals surface area (Å²) in [6, 6.07) is 3.16. The summed E-state index contributed by atoms with van der Waals surface area (Å²) < 4.78 is 0. The Labute approximate surface area is 221 Å². The van der Waals surface area contributed by atoms with Gasteiger partial charge in [0, 0.05) is 44.9 Å². The summed E-state index contributed by atoms with van der Waals surface area (Å²) in [6.07, 6.45) is 40.3. The van der Waals surface area contributed by atoms with Crippen LogP contribution in [0.3, 0.4) is 0 Å². The van der Waals surface area contributed by atoms with Gasteiger partial charge in [-0.1, -0.05) is 86.4 Å². The second kappa shape index (κ2) is 16.9. The van der Waals surface area contributed by atoms with Crippen LogP contribution in [0.1, 0.15) is 57.8 Å². The Balaban J connectivity index is 0.000000424.